The molecule has 22 heavy (non-hydrogen) atoms. The van der Waals surface area contributed by atoms with Crippen LogP contribution >= 0.6 is 24.0 Å². The number of sulfone groups is 1. The van der Waals surface area contributed by atoms with Gasteiger partial charge in [0.1, 0.15) is 10.7 Å². The van der Waals surface area contributed by atoms with Crippen LogP contribution in [0.1, 0.15) is 20.8 Å². The van der Waals surface area contributed by atoms with Gasteiger partial charge in [-0.1, -0.05) is 12.1 Å². The molecule has 0 radical (unpaired) electrons. The van der Waals surface area contributed by atoms with E-state index < -0.39 is 15.7 Å². The number of guanidine groups is 1. The minimum absolute atomic E-state index is 0. The summed E-state index contributed by atoms with van der Waals surface area (Å²) >= 11 is 0. The smallest absolute Gasteiger partial charge is 0.191 e. The number of nitrogens with one attached hydrogen (secondary N) is 2. The summed E-state index contributed by atoms with van der Waals surface area (Å²) in [4.78, 5) is 3.74. The fraction of sp³-hybridized carbons (Fsp3) is 0.500. The first-order valence-electron chi connectivity index (χ1n) is 6.62. The van der Waals surface area contributed by atoms with E-state index in [0.29, 0.717) is 5.96 Å². The largest absolute Gasteiger partial charge is 0.355 e. The SMILES string of the molecule is CN=C(NCCS(=O)(=O)c1ccccc1F)NC(C)(C)C.I. The van der Waals surface area contributed by atoms with Gasteiger partial charge in [0, 0.05) is 19.1 Å². The van der Waals surface area contributed by atoms with Crippen LogP contribution < -0.4 is 10.6 Å². The van der Waals surface area contributed by atoms with Crippen LogP contribution in [-0.2, 0) is 9.84 Å². The lowest BCUT2D eigenvalue weighted by molar-refractivity contribution is 0.502. The molecule has 0 aliphatic heterocycles. The second kappa shape index (κ2) is 8.66. The van der Waals surface area contributed by atoms with Crippen LogP contribution in [0.2, 0.25) is 0 Å². The molecule has 0 fully saturated rings. The maximum absolute atomic E-state index is 13.5. The Morgan fingerprint density at radius 1 is 1.27 bits per heavy atom. The van der Waals surface area contributed by atoms with E-state index in [2.05, 4.69) is 15.6 Å². The average Bonchev–Trinajstić information content (AvgIpc) is 2.36. The molecule has 0 aromatic heterocycles. The van der Waals surface area contributed by atoms with Crippen LogP contribution in [0.25, 0.3) is 0 Å². The lowest BCUT2D eigenvalue weighted by Crippen LogP contribution is -2.48. The highest BCUT2D eigenvalue weighted by Gasteiger charge is 2.19. The standard InChI is InChI=1S/C14H22FN3O2S.HI/c1-14(2,3)18-13(16-4)17-9-10-21(19,20)12-8-6-5-7-11(12)15;/h5-8H,9-10H2,1-4H3,(H2,16,17,18);1H. The van der Waals surface area contributed by atoms with Gasteiger partial charge in [-0.25, -0.2) is 12.8 Å². The van der Waals surface area contributed by atoms with Crippen molar-refractivity contribution in [1.82, 2.24) is 10.6 Å². The van der Waals surface area contributed by atoms with Gasteiger partial charge >= 0.3 is 0 Å². The molecular formula is C14H23FIN3O2S. The van der Waals surface area contributed by atoms with Gasteiger partial charge in [-0.2, -0.15) is 0 Å². The number of rotatable bonds is 4. The van der Waals surface area contributed by atoms with Crippen LogP contribution in [-0.4, -0.2) is 39.3 Å². The van der Waals surface area contributed by atoms with Gasteiger partial charge in [-0.3, -0.25) is 4.99 Å². The highest BCUT2D eigenvalue weighted by atomic mass is 127. The number of hydrogen-bond acceptors (Lipinski definition) is 3. The molecule has 0 heterocycles. The van der Waals surface area contributed by atoms with Gasteiger partial charge in [0.05, 0.1) is 5.75 Å². The zero-order valence-electron chi connectivity index (χ0n) is 13.2. The van der Waals surface area contributed by atoms with Gasteiger partial charge in [-0.15, -0.1) is 24.0 Å². The van der Waals surface area contributed by atoms with Gasteiger partial charge in [0.15, 0.2) is 15.8 Å². The van der Waals surface area contributed by atoms with Gasteiger partial charge in [0.2, 0.25) is 0 Å². The highest BCUT2D eigenvalue weighted by Crippen LogP contribution is 2.14. The molecule has 0 saturated carbocycles. The van der Waals surface area contributed by atoms with Crippen molar-refractivity contribution in [3.05, 3.63) is 30.1 Å². The zero-order chi connectivity index (χ0) is 16.1. The summed E-state index contributed by atoms with van der Waals surface area (Å²) in [5.74, 6) is -0.431. The molecule has 126 valence electrons. The summed E-state index contributed by atoms with van der Waals surface area (Å²) < 4.78 is 37.7. The first kappa shape index (κ1) is 21.1. The highest BCUT2D eigenvalue weighted by molar-refractivity contribution is 14.0. The Bertz CT molecular complexity index is 613. The van der Waals surface area contributed by atoms with Crippen LogP contribution in [0.15, 0.2) is 34.2 Å². The molecule has 5 nitrogen and oxygen atoms in total. The first-order valence-corrected chi connectivity index (χ1v) is 8.27. The van der Waals surface area contributed by atoms with Crippen molar-refractivity contribution in [3.8, 4) is 0 Å². The Hall–Kier alpha value is -0.900. The molecule has 1 aromatic rings. The van der Waals surface area contributed by atoms with Crippen LogP contribution in [0, 0.1) is 5.82 Å². The molecule has 0 spiro atoms. The number of halogens is 2. The van der Waals surface area contributed by atoms with E-state index in [-0.39, 0.29) is 46.7 Å². The molecule has 1 rings (SSSR count). The van der Waals surface area contributed by atoms with Crippen LogP contribution in [0.3, 0.4) is 0 Å². The van der Waals surface area contributed by atoms with E-state index in [4.69, 9.17) is 0 Å². The fourth-order valence-electron chi connectivity index (χ4n) is 1.65. The van der Waals surface area contributed by atoms with Gasteiger partial charge < -0.3 is 10.6 Å². The molecule has 0 amide bonds. The van der Waals surface area contributed by atoms with Crippen molar-refractivity contribution in [1.29, 1.82) is 0 Å². The van der Waals surface area contributed by atoms with Gasteiger partial charge in [-0.05, 0) is 32.9 Å². The first-order chi connectivity index (χ1) is 9.65. The second-order valence-corrected chi connectivity index (χ2v) is 7.70. The Kier molecular flexibility index (Phi) is 8.30. The summed E-state index contributed by atoms with van der Waals surface area (Å²) in [6.45, 7) is 6.05. The third kappa shape index (κ3) is 6.91. The predicted molar refractivity (Wildman–Crippen MR) is 98.1 cm³/mol. The summed E-state index contributed by atoms with van der Waals surface area (Å²) in [5.41, 5.74) is -0.188. The van der Waals surface area contributed by atoms with Crippen LogP contribution in [0.4, 0.5) is 4.39 Å². The summed E-state index contributed by atoms with van der Waals surface area (Å²) in [5, 5.41) is 6.02. The molecule has 0 saturated heterocycles. The fourth-order valence-corrected chi connectivity index (χ4v) is 2.89. The second-order valence-electron chi connectivity index (χ2n) is 5.62. The van der Waals surface area contributed by atoms with Crippen molar-refractivity contribution in [2.45, 2.75) is 31.2 Å². The Balaban J connectivity index is 0.00000441. The minimum atomic E-state index is -3.66. The third-order valence-electron chi connectivity index (χ3n) is 2.55. The van der Waals surface area contributed by atoms with Crippen molar-refractivity contribution < 1.29 is 12.8 Å². The number of benzene rings is 1. The van der Waals surface area contributed by atoms with Crippen molar-refractivity contribution in [2.75, 3.05) is 19.3 Å². The molecular weight excluding hydrogens is 420 g/mol. The predicted octanol–water partition coefficient (Wildman–Crippen LogP) is 2.18. The molecule has 8 heteroatoms. The molecule has 2 N–H and O–H groups in total. The average molecular weight is 443 g/mol. The van der Waals surface area contributed by atoms with Crippen LogP contribution in [0.5, 0.6) is 0 Å². The quantitative estimate of drug-likeness (QED) is 0.425. The Morgan fingerprint density at radius 2 is 1.86 bits per heavy atom. The Morgan fingerprint density at radius 3 is 2.36 bits per heavy atom. The van der Waals surface area contributed by atoms with Crippen molar-refractivity contribution in [2.24, 2.45) is 4.99 Å². The van der Waals surface area contributed by atoms with Crippen molar-refractivity contribution in [3.63, 3.8) is 0 Å². The molecule has 0 bridgehead atoms. The normalized spacial score (nSPS) is 12.5. The van der Waals surface area contributed by atoms with E-state index in [1.165, 1.54) is 18.2 Å². The van der Waals surface area contributed by atoms with E-state index in [1.54, 1.807) is 7.05 Å². The molecule has 0 aliphatic rings. The summed E-state index contributed by atoms with van der Waals surface area (Å²) in [7, 11) is -2.06. The maximum atomic E-state index is 13.5. The molecule has 0 aliphatic carbocycles. The maximum Gasteiger partial charge on any atom is 0.191 e. The zero-order valence-corrected chi connectivity index (χ0v) is 16.3. The van der Waals surface area contributed by atoms with Crippen molar-refractivity contribution >= 4 is 39.8 Å². The lowest BCUT2D eigenvalue weighted by Gasteiger charge is -2.23. The monoisotopic (exact) mass is 443 g/mol. The van der Waals surface area contributed by atoms with Gasteiger partial charge in [0.25, 0.3) is 0 Å². The van der Waals surface area contributed by atoms with E-state index in [9.17, 15) is 12.8 Å². The molecule has 0 atom stereocenters. The number of aliphatic imine (C=N–C) groups is 1. The minimum Gasteiger partial charge on any atom is -0.355 e. The third-order valence-corrected chi connectivity index (χ3v) is 4.29. The molecule has 1 aromatic carbocycles. The van der Waals surface area contributed by atoms with E-state index in [0.717, 1.165) is 6.07 Å². The van der Waals surface area contributed by atoms with E-state index >= 15 is 0 Å². The summed E-state index contributed by atoms with van der Waals surface area (Å²) in [6.07, 6.45) is 0. The Labute approximate surface area is 148 Å². The number of hydrogen-bond donors (Lipinski definition) is 2. The number of nitrogens with zero attached hydrogens (tertiary/aromatic N) is 1. The van der Waals surface area contributed by atoms with E-state index in [1.807, 2.05) is 20.8 Å². The topological polar surface area (TPSA) is 70.6 Å². The molecule has 0 unspecified atom stereocenters. The summed E-state index contributed by atoms with van der Waals surface area (Å²) in [6, 6.07) is 5.37. The lowest BCUT2D eigenvalue weighted by atomic mass is 10.1.